The lowest BCUT2D eigenvalue weighted by atomic mass is 10.1. The smallest absolute Gasteiger partial charge is 0.0669 e. The van der Waals surface area contributed by atoms with Gasteiger partial charge in [0.1, 0.15) is 0 Å². The molecule has 1 aromatic carbocycles. The van der Waals surface area contributed by atoms with Crippen LogP contribution >= 0.6 is 0 Å². The molecule has 0 saturated carbocycles. The Morgan fingerprint density at radius 1 is 1.38 bits per heavy atom. The molecule has 1 fully saturated rings. The summed E-state index contributed by atoms with van der Waals surface area (Å²) >= 11 is 0. The lowest BCUT2D eigenvalue weighted by molar-refractivity contribution is 0.0795. The molecule has 2 rings (SSSR count). The standard InChI is InChI=1S/C13H20N2O/c1-2-15(13-4-3-9-16-10-13)12-7-5-11(14)6-8-12/h5-8,13H,2-4,9-10,14H2,1H3. The number of nitrogen functional groups attached to an aromatic ring is 1. The molecule has 0 bridgehead atoms. The molecule has 16 heavy (non-hydrogen) atoms. The molecule has 0 aromatic heterocycles. The van der Waals surface area contributed by atoms with Gasteiger partial charge in [0.05, 0.1) is 12.6 Å². The molecular formula is C13H20N2O. The number of ether oxygens (including phenoxy) is 1. The molecule has 1 unspecified atom stereocenters. The summed E-state index contributed by atoms with van der Waals surface area (Å²) in [4.78, 5) is 2.40. The van der Waals surface area contributed by atoms with Crippen LogP contribution in [0.3, 0.4) is 0 Å². The maximum absolute atomic E-state index is 5.70. The van der Waals surface area contributed by atoms with E-state index in [2.05, 4.69) is 24.0 Å². The van der Waals surface area contributed by atoms with Gasteiger partial charge in [-0.2, -0.15) is 0 Å². The van der Waals surface area contributed by atoms with Gasteiger partial charge in [-0.15, -0.1) is 0 Å². The van der Waals surface area contributed by atoms with E-state index in [0.717, 1.165) is 31.9 Å². The molecule has 0 aliphatic carbocycles. The van der Waals surface area contributed by atoms with Crippen LogP contribution in [0.25, 0.3) is 0 Å². The summed E-state index contributed by atoms with van der Waals surface area (Å²) in [5.41, 5.74) is 7.77. The van der Waals surface area contributed by atoms with E-state index in [9.17, 15) is 0 Å². The van der Waals surface area contributed by atoms with Crippen LogP contribution in [0, 0.1) is 0 Å². The zero-order chi connectivity index (χ0) is 11.4. The molecule has 0 amide bonds. The molecule has 1 heterocycles. The second-order valence-corrected chi connectivity index (χ2v) is 4.25. The number of nitrogens with two attached hydrogens (primary N) is 1. The molecule has 3 heteroatoms. The highest BCUT2D eigenvalue weighted by molar-refractivity contribution is 5.53. The third-order valence-electron chi connectivity index (χ3n) is 3.14. The van der Waals surface area contributed by atoms with Crippen molar-refractivity contribution in [3.8, 4) is 0 Å². The monoisotopic (exact) mass is 220 g/mol. The Kier molecular flexibility index (Phi) is 3.67. The van der Waals surface area contributed by atoms with Gasteiger partial charge >= 0.3 is 0 Å². The van der Waals surface area contributed by atoms with E-state index in [1.807, 2.05) is 12.1 Å². The Balaban J connectivity index is 2.11. The van der Waals surface area contributed by atoms with Crippen molar-refractivity contribution < 1.29 is 4.74 Å². The van der Waals surface area contributed by atoms with E-state index in [4.69, 9.17) is 10.5 Å². The molecule has 1 atom stereocenters. The third kappa shape index (κ3) is 2.47. The van der Waals surface area contributed by atoms with Gasteiger partial charge in [-0.3, -0.25) is 0 Å². The van der Waals surface area contributed by atoms with Crippen molar-refractivity contribution in [1.29, 1.82) is 0 Å². The summed E-state index contributed by atoms with van der Waals surface area (Å²) < 4.78 is 5.54. The summed E-state index contributed by atoms with van der Waals surface area (Å²) in [5, 5.41) is 0. The minimum Gasteiger partial charge on any atom is -0.399 e. The van der Waals surface area contributed by atoms with Crippen molar-refractivity contribution in [2.24, 2.45) is 0 Å². The van der Waals surface area contributed by atoms with Crippen molar-refractivity contribution in [2.75, 3.05) is 30.4 Å². The number of nitrogens with zero attached hydrogens (tertiary/aromatic N) is 1. The number of hydrogen-bond acceptors (Lipinski definition) is 3. The van der Waals surface area contributed by atoms with Crippen LogP contribution in [0.1, 0.15) is 19.8 Å². The number of likely N-dealkylation sites (N-methyl/N-ethyl adjacent to an activating group) is 1. The van der Waals surface area contributed by atoms with Gasteiger partial charge in [0.2, 0.25) is 0 Å². The minimum absolute atomic E-state index is 0.516. The van der Waals surface area contributed by atoms with Crippen LogP contribution in [0.15, 0.2) is 24.3 Å². The molecule has 3 nitrogen and oxygen atoms in total. The highest BCUT2D eigenvalue weighted by Crippen LogP contribution is 2.22. The zero-order valence-electron chi connectivity index (χ0n) is 9.86. The summed E-state index contributed by atoms with van der Waals surface area (Å²) in [7, 11) is 0. The molecule has 1 aromatic rings. The Labute approximate surface area is 97.2 Å². The fourth-order valence-electron chi connectivity index (χ4n) is 2.29. The zero-order valence-corrected chi connectivity index (χ0v) is 9.86. The SMILES string of the molecule is CCN(c1ccc(N)cc1)C1CCCOC1. The van der Waals surface area contributed by atoms with E-state index in [1.165, 1.54) is 12.1 Å². The Morgan fingerprint density at radius 3 is 2.69 bits per heavy atom. The summed E-state index contributed by atoms with van der Waals surface area (Å²) in [6.07, 6.45) is 2.38. The summed E-state index contributed by atoms with van der Waals surface area (Å²) in [5.74, 6) is 0. The van der Waals surface area contributed by atoms with E-state index in [-0.39, 0.29) is 0 Å². The van der Waals surface area contributed by atoms with E-state index >= 15 is 0 Å². The van der Waals surface area contributed by atoms with Crippen LogP contribution in [-0.2, 0) is 4.74 Å². The molecular weight excluding hydrogens is 200 g/mol. The van der Waals surface area contributed by atoms with Gasteiger partial charge in [0, 0.05) is 24.5 Å². The fourth-order valence-corrected chi connectivity index (χ4v) is 2.29. The number of anilines is 2. The van der Waals surface area contributed by atoms with Gasteiger partial charge in [0.15, 0.2) is 0 Å². The maximum Gasteiger partial charge on any atom is 0.0669 e. The molecule has 0 radical (unpaired) electrons. The first-order valence-electron chi connectivity index (χ1n) is 6.01. The second-order valence-electron chi connectivity index (χ2n) is 4.25. The van der Waals surface area contributed by atoms with Crippen molar-refractivity contribution in [3.63, 3.8) is 0 Å². The largest absolute Gasteiger partial charge is 0.399 e. The molecule has 2 N–H and O–H groups in total. The van der Waals surface area contributed by atoms with E-state index in [1.54, 1.807) is 0 Å². The van der Waals surface area contributed by atoms with Crippen molar-refractivity contribution >= 4 is 11.4 Å². The number of rotatable bonds is 3. The molecule has 1 saturated heterocycles. The molecule has 88 valence electrons. The van der Waals surface area contributed by atoms with Crippen LogP contribution in [0.2, 0.25) is 0 Å². The maximum atomic E-state index is 5.70. The van der Waals surface area contributed by atoms with Crippen LogP contribution in [-0.4, -0.2) is 25.8 Å². The van der Waals surface area contributed by atoms with Gasteiger partial charge in [-0.05, 0) is 44.0 Å². The van der Waals surface area contributed by atoms with Gasteiger partial charge < -0.3 is 15.4 Å². The quantitative estimate of drug-likeness (QED) is 0.794. The minimum atomic E-state index is 0.516. The van der Waals surface area contributed by atoms with Crippen LogP contribution in [0.4, 0.5) is 11.4 Å². The van der Waals surface area contributed by atoms with Crippen molar-refractivity contribution in [2.45, 2.75) is 25.8 Å². The average molecular weight is 220 g/mol. The highest BCUT2D eigenvalue weighted by Gasteiger charge is 2.20. The summed E-state index contributed by atoms with van der Waals surface area (Å²) in [6.45, 7) is 4.96. The number of benzene rings is 1. The topological polar surface area (TPSA) is 38.5 Å². The second kappa shape index (κ2) is 5.21. The van der Waals surface area contributed by atoms with E-state index in [0.29, 0.717) is 6.04 Å². The first-order chi connectivity index (χ1) is 7.81. The molecule has 1 aliphatic rings. The predicted octanol–water partition coefficient (Wildman–Crippen LogP) is 2.27. The van der Waals surface area contributed by atoms with Gasteiger partial charge in [0.25, 0.3) is 0 Å². The third-order valence-corrected chi connectivity index (χ3v) is 3.14. The first kappa shape index (κ1) is 11.3. The van der Waals surface area contributed by atoms with E-state index < -0.39 is 0 Å². The molecule has 0 spiro atoms. The van der Waals surface area contributed by atoms with Crippen LogP contribution in [0.5, 0.6) is 0 Å². The normalized spacial score (nSPS) is 20.7. The molecule has 1 aliphatic heterocycles. The lowest BCUT2D eigenvalue weighted by Crippen LogP contribution is -2.41. The van der Waals surface area contributed by atoms with Crippen molar-refractivity contribution in [1.82, 2.24) is 0 Å². The van der Waals surface area contributed by atoms with Gasteiger partial charge in [-0.25, -0.2) is 0 Å². The Hall–Kier alpha value is -1.22. The average Bonchev–Trinajstić information content (AvgIpc) is 2.34. The van der Waals surface area contributed by atoms with Crippen molar-refractivity contribution in [3.05, 3.63) is 24.3 Å². The lowest BCUT2D eigenvalue weighted by Gasteiger charge is -2.35. The summed E-state index contributed by atoms with van der Waals surface area (Å²) in [6, 6.07) is 8.62. The van der Waals surface area contributed by atoms with Crippen LogP contribution < -0.4 is 10.6 Å². The Morgan fingerprint density at radius 2 is 2.12 bits per heavy atom. The Bertz CT molecular complexity index is 317. The number of hydrogen-bond donors (Lipinski definition) is 1. The predicted molar refractivity (Wildman–Crippen MR) is 67.7 cm³/mol. The van der Waals surface area contributed by atoms with Gasteiger partial charge in [-0.1, -0.05) is 0 Å². The fraction of sp³-hybridized carbons (Fsp3) is 0.538. The first-order valence-corrected chi connectivity index (χ1v) is 6.01. The highest BCUT2D eigenvalue weighted by atomic mass is 16.5.